The molecule has 2 aromatic heterocycles. The van der Waals surface area contributed by atoms with Crippen molar-refractivity contribution in [1.29, 1.82) is 0 Å². The zero-order valence-electron chi connectivity index (χ0n) is 16.8. The first kappa shape index (κ1) is 23.3. The summed E-state index contributed by atoms with van der Waals surface area (Å²) in [6.07, 6.45) is 2.49. The molecular formula is C21H14ClF3N4O2S2. The fourth-order valence-electron chi connectivity index (χ4n) is 3.13. The Kier molecular flexibility index (Phi) is 7.01. The number of thiazole rings is 1. The summed E-state index contributed by atoms with van der Waals surface area (Å²) in [5.74, 6) is -2.89. The third-order valence-electron chi connectivity index (χ3n) is 4.57. The van der Waals surface area contributed by atoms with Crippen LogP contribution in [-0.4, -0.2) is 34.6 Å². The molecule has 3 aromatic rings. The molecule has 1 aliphatic rings. The normalized spacial score (nSPS) is 15.8. The summed E-state index contributed by atoms with van der Waals surface area (Å²) < 4.78 is 47.3. The molecule has 0 radical (unpaired) electrons. The highest BCUT2D eigenvalue weighted by atomic mass is 35.5. The molecule has 1 atom stereocenters. The number of halogens is 4. The molecule has 0 aliphatic carbocycles. The van der Waals surface area contributed by atoms with E-state index in [-0.39, 0.29) is 27.9 Å². The number of pyridine rings is 1. The number of benzene rings is 1. The predicted octanol–water partition coefficient (Wildman–Crippen LogP) is 4.92. The van der Waals surface area contributed by atoms with Crippen molar-refractivity contribution in [3.05, 3.63) is 87.0 Å². The minimum Gasteiger partial charge on any atom is -0.466 e. The second kappa shape index (κ2) is 9.94. The van der Waals surface area contributed by atoms with E-state index in [9.17, 15) is 18.0 Å². The van der Waals surface area contributed by atoms with E-state index in [0.717, 1.165) is 16.6 Å². The van der Waals surface area contributed by atoms with Gasteiger partial charge in [0.1, 0.15) is 27.7 Å². The standard InChI is InChI=1S/C21H14ClF3N4O2S2/c1-31-20(30)16-15(9-33-21-26-4-5-32-21)28-19(18-14(25)7-11(24)8-27-18)29-17(16)12-3-2-10(23)6-13(12)22/h2-8,17H,9H2,1H3,(H,28,29)/t17-/m0/s1. The van der Waals surface area contributed by atoms with Gasteiger partial charge >= 0.3 is 5.97 Å². The summed E-state index contributed by atoms with van der Waals surface area (Å²) in [5.41, 5.74) is 0.515. The number of carbonyl (C=O) groups is 1. The SMILES string of the molecule is COC(=O)C1=C(CSc2nccs2)NC(c2ncc(F)cc2F)=N[C@H]1c1ccc(F)cc1Cl. The Morgan fingerprint density at radius 2 is 2.06 bits per heavy atom. The number of hydrogen-bond acceptors (Lipinski definition) is 8. The van der Waals surface area contributed by atoms with E-state index in [0.29, 0.717) is 17.3 Å². The minimum absolute atomic E-state index is 0.0193. The van der Waals surface area contributed by atoms with E-state index in [4.69, 9.17) is 16.3 Å². The number of methoxy groups -OCH3 is 1. The zero-order chi connectivity index (χ0) is 23.5. The number of thioether (sulfide) groups is 1. The first-order valence-corrected chi connectivity index (χ1v) is 11.6. The van der Waals surface area contributed by atoms with E-state index in [1.807, 2.05) is 0 Å². The number of rotatable bonds is 6. The number of ether oxygens (including phenoxy) is 1. The first-order chi connectivity index (χ1) is 15.9. The van der Waals surface area contributed by atoms with E-state index in [2.05, 4.69) is 20.3 Å². The molecule has 12 heteroatoms. The van der Waals surface area contributed by atoms with Crippen LogP contribution in [0, 0.1) is 17.5 Å². The summed E-state index contributed by atoms with van der Waals surface area (Å²) in [6.45, 7) is 0. The lowest BCUT2D eigenvalue weighted by Crippen LogP contribution is -2.35. The number of esters is 1. The Morgan fingerprint density at radius 1 is 1.24 bits per heavy atom. The lowest BCUT2D eigenvalue weighted by molar-refractivity contribution is -0.136. The van der Waals surface area contributed by atoms with Gasteiger partial charge in [0.25, 0.3) is 0 Å². The van der Waals surface area contributed by atoms with Gasteiger partial charge in [-0.3, -0.25) is 4.99 Å². The van der Waals surface area contributed by atoms with Gasteiger partial charge in [0.15, 0.2) is 11.7 Å². The average molecular weight is 511 g/mol. The molecule has 1 aliphatic heterocycles. The van der Waals surface area contributed by atoms with Gasteiger partial charge in [0.05, 0.1) is 18.9 Å². The maximum atomic E-state index is 14.5. The summed E-state index contributed by atoms with van der Waals surface area (Å²) >= 11 is 9.01. The fraction of sp³-hybridized carbons (Fsp3) is 0.143. The molecule has 0 bridgehead atoms. The van der Waals surface area contributed by atoms with E-state index in [1.54, 1.807) is 11.6 Å². The van der Waals surface area contributed by atoms with Crippen molar-refractivity contribution in [1.82, 2.24) is 15.3 Å². The van der Waals surface area contributed by atoms with Crippen LogP contribution in [0.4, 0.5) is 13.2 Å². The maximum absolute atomic E-state index is 14.5. The van der Waals surface area contributed by atoms with Gasteiger partial charge in [0, 0.05) is 39.7 Å². The van der Waals surface area contributed by atoms with Gasteiger partial charge in [-0.2, -0.15) is 0 Å². The number of hydrogen-bond donors (Lipinski definition) is 1. The third kappa shape index (κ3) is 5.05. The second-order valence-corrected chi connectivity index (χ2v) is 9.15. The van der Waals surface area contributed by atoms with Gasteiger partial charge in [-0.1, -0.05) is 29.4 Å². The lowest BCUT2D eigenvalue weighted by atomic mass is 9.95. The number of nitrogens with zero attached hydrogens (tertiary/aromatic N) is 3. The van der Waals surface area contributed by atoms with Crippen molar-refractivity contribution in [2.24, 2.45) is 4.99 Å². The highest BCUT2D eigenvalue weighted by molar-refractivity contribution is 8.01. The molecule has 0 unspecified atom stereocenters. The Labute approximate surface area is 199 Å². The van der Waals surface area contributed by atoms with Crippen molar-refractivity contribution in [2.45, 2.75) is 10.4 Å². The summed E-state index contributed by atoms with van der Waals surface area (Å²) in [5, 5.41) is 4.75. The van der Waals surface area contributed by atoms with Crippen LogP contribution in [0.15, 0.2) is 62.6 Å². The Morgan fingerprint density at radius 3 is 2.73 bits per heavy atom. The van der Waals surface area contributed by atoms with Crippen molar-refractivity contribution >= 4 is 46.5 Å². The molecule has 0 amide bonds. The number of aliphatic imine (C=N–C) groups is 1. The maximum Gasteiger partial charge on any atom is 0.338 e. The topological polar surface area (TPSA) is 76.5 Å². The summed E-state index contributed by atoms with van der Waals surface area (Å²) in [7, 11) is 1.21. The van der Waals surface area contributed by atoms with Gasteiger partial charge in [0.2, 0.25) is 0 Å². The summed E-state index contributed by atoms with van der Waals surface area (Å²) in [4.78, 5) is 25.2. The van der Waals surface area contributed by atoms with Crippen molar-refractivity contribution in [2.75, 3.05) is 12.9 Å². The monoisotopic (exact) mass is 510 g/mol. The van der Waals surface area contributed by atoms with Crippen LogP contribution in [0.5, 0.6) is 0 Å². The highest BCUT2D eigenvalue weighted by Crippen LogP contribution is 2.37. The molecule has 0 saturated carbocycles. The minimum atomic E-state index is -1.06. The molecule has 4 rings (SSSR count). The Bertz CT molecular complexity index is 1270. The van der Waals surface area contributed by atoms with Gasteiger partial charge in [-0.05, 0) is 12.1 Å². The van der Waals surface area contributed by atoms with Gasteiger partial charge in [-0.15, -0.1) is 11.3 Å². The molecule has 1 aromatic carbocycles. The molecule has 0 spiro atoms. The van der Waals surface area contributed by atoms with Crippen molar-refractivity contribution < 1.29 is 22.7 Å². The summed E-state index contributed by atoms with van der Waals surface area (Å²) in [6, 6.07) is 3.27. The molecular weight excluding hydrogens is 497 g/mol. The third-order valence-corrected chi connectivity index (χ3v) is 6.89. The molecule has 170 valence electrons. The van der Waals surface area contributed by atoms with Crippen LogP contribution >= 0.6 is 34.7 Å². The molecule has 0 fully saturated rings. The Balaban J connectivity index is 1.85. The van der Waals surface area contributed by atoms with Crippen LogP contribution in [-0.2, 0) is 9.53 Å². The van der Waals surface area contributed by atoms with Crippen LogP contribution in [0.1, 0.15) is 17.3 Å². The van der Waals surface area contributed by atoms with Crippen LogP contribution in [0.2, 0.25) is 5.02 Å². The average Bonchev–Trinajstić information content (AvgIpc) is 3.30. The smallest absolute Gasteiger partial charge is 0.338 e. The fourth-order valence-corrected chi connectivity index (χ4v) is 5.01. The number of aromatic nitrogens is 2. The van der Waals surface area contributed by atoms with Crippen molar-refractivity contribution in [3.63, 3.8) is 0 Å². The largest absolute Gasteiger partial charge is 0.466 e. The first-order valence-electron chi connectivity index (χ1n) is 9.32. The van der Waals surface area contributed by atoms with E-state index < -0.39 is 29.5 Å². The molecule has 6 nitrogen and oxygen atoms in total. The number of amidine groups is 1. The van der Waals surface area contributed by atoms with Crippen LogP contribution < -0.4 is 5.32 Å². The van der Waals surface area contributed by atoms with Gasteiger partial charge in [-0.25, -0.2) is 27.9 Å². The van der Waals surface area contributed by atoms with Crippen LogP contribution in [0.3, 0.4) is 0 Å². The van der Waals surface area contributed by atoms with Crippen LogP contribution in [0.25, 0.3) is 0 Å². The van der Waals surface area contributed by atoms with Crippen molar-refractivity contribution in [3.8, 4) is 0 Å². The van der Waals surface area contributed by atoms with E-state index >= 15 is 0 Å². The predicted molar refractivity (Wildman–Crippen MR) is 120 cm³/mol. The Hall–Kier alpha value is -2.89. The second-order valence-electron chi connectivity index (χ2n) is 6.63. The quantitative estimate of drug-likeness (QED) is 0.375. The molecule has 3 heterocycles. The molecule has 1 N–H and O–H groups in total. The molecule has 33 heavy (non-hydrogen) atoms. The number of nitrogens with one attached hydrogen (secondary N) is 1. The number of carbonyl (C=O) groups excluding carboxylic acids is 1. The zero-order valence-corrected chi connectivity index (χ0v) is 19.2. The lowest BCUT2D eigenvalue weighted by Gasteiger charge is -2.27. The van der Waals surface area contributed by atoms with E-state index in [1.165, 1.54) is 42.3 Å². The molecule has 0 saturated heterocycles. The highest BCUT2D eigenvalue weighted by Gasteiger charge is 2.34. The van der Waals surface area contributed by atoms with Gasteiger partial charge < -0.3 is 10.1 Å².